The van der Waals surface area contributed by atoms with E-state index in [2.05, 4.69) is 52.5 Å². The molecule has 0 amide bonds. The van der Waals surface area contributed by atoms with E-state index < -0.39 is 6.10 Å². The van der Waals surface area contributed by atoms with Crippen LogP contribution in [0.15, 0.2) is 81.7 Å². The van der Waals surface area contributed by atoms with Crippen molar-refractivity contribution in [2.45, 2.75) is 31.8 Å². The molecule has 0 radical (unpaired) electrons. The van der Waals surface area contributed by atoms with Gasteiger partial charge in [0.25, 0.3) is 0 Å². The molecule has 2 aromatic heterocycles. The van der Waals surface area contributed by atoms with Crippen LogP contribution in [0.4, 0.5) is 0 Å². The average Bonchev–Trinajstić information content (AvgIpc) is 3.54. The Morgan fingerprint density at radius 1 is 0.944 bits per heavy atom. The summed E-state index contributed by atoms with van der Waals surface area (Å²) in [6, 6.07) is 24.9. The fourth-order valence-corrected chi connectivity index (χ4v) is 5.20. The van der Waals surface area contributed by atoms with Crippen LogP contribution in [0.25, 0.3) is 33.3 Å². The number of aromatic nitrogens is 1. The number of ether oxygens (including phenoxy) is 1. The third kappa shape index (κ3) is 4.74. The predicted molar refractivity (Wildman–Crippen MR) is 140 cm³/mol. The molecule has 36 heavy (non-hydrogen) atoms. The summed E-state index contributed by atoms with van der Waals surface area (Å²) in [7, 11) is 0. The summed E-state index contributed by atoms with van der Waals surface area (Å²) in [5, 5.41) is 18.1. The third-order valence-corrected chi connectivity index (χ3v) is 7.11. The number of aliphatic hydroxyl groups excluding tert-OH is 1. The van der Waals surface area contributed by atoms with E-state index in [0.717, 1.165) is 37.0 Å². The van der Waals surface area contributed by atoms with Crippen molar-refractivity contribution in [1.29, 1.82) is 0 Å². The Morgan fingerprint density at radius 3 is 2.56 bits per heavy atom. The van der Waals surface area contributed by atoms with Crippen LogP contribution < -0.4 is 4.74 Å². The Balaban J connectivity index is 1.04. The summed E-state index contributed by atoms with van der Waals surface area (Å²) in [5.74, 6) is 2.38. The molecule has 0 spiro atoms. The van der Waals surface area contributed by atoms with Gasteiger partial charge in [-0.25, -0.2) is 0 Å². The second-order valence-corrected chi connectivity index (χ2v) is 9.76. The van der Waals surface area contributed by atoms with Crippen LogP contribution in [0.5, 0.6) is 5.75 Å². The van der Waals surface area contributed by atoms with Crippen molar-refractivity contribution >= 4 is 21.7 Å². The zero-order valence-electron chi connectivity index (χ0n) is 20.4. The highest BCUT2D eigenvalue weighted by Crippen LogP contribution is 2.34. The lowest BCUT2D eigenvalue weighted by Crippen LogP contribution is -2.40. The van der Waals surface area contributed by atoms with Gasteiger partial charge in [0.2, 0.25) is 5.76 Å². The molecule has 6 rings (SSSR count). The summed E-state index contributed by atoms with van der Waals surface area (Å²) >= 11 is 0. The molecule has 0 aliphatic carbocycles. The van der Waals surface area contributed by atoms with Gasteiger partial charge < -0.3 is 23.7 Å². The number of para-hydroxylation sites is 1. The van der Waals surface area contributed by atoms with Crippen molar-refractivity contribution in [3.63, 3.8) is 0 Å². The van der Waals surface area contributed by atoms with Gasteiger partial charge in [-0.2, -0.15) is 0 Å². The molecule has 5 aromatic rings. The SMILES string of the molecule is Cc1cc(-c2cc3cccc(OCC(O)CN4CCC(c5ccc6ccccc6c5)CC4)c3o2)on1. The average molecular weight is 483 g/mol. The number of likely N-dealkylation sites (tertiary alicyclic amines) is 1. The van der Waals surface area contributed by atoms with Crippen molar-refractivity contribution < 1.29 is 18.8 Å². The third-order valence-electron chi connectivity index (χ3n) is 7.11. The highest BCUT2D eigenvalue weighted by atomic mass is 16.5. The van der Waals surface area contributed by atoms with Crippen LogP contribution in [0.1, 0.15) is 30.0 Å². The van der Waals surface area contributed by atoms with Crippen LogP contribution >= 0.6 is 0 Å². The lowest BCUT2D eigenvalue weighted by atomic mass is 9.88. The Labute approximate surface area is 210 Å². The first-order valence-electron chi connectivity index (χ1n) is 12.6. The van der Waals surface area contributed by atoms with Gasteiger partial charge in [0, 0.05) is 18.0 Å². The molecule has 6 nitrogen and oxygen atoms in total. The molecule has 1 unspecified atom stereocenters. The minimum Gasteiger partial charge on any atom is -0.487 e. The number of β-amino-alcohol motifs (C(OH)–C–C–N with tert-alkyl or cyclic N) is 1. The maximum absolute atomic E-state index is 10.7. The molecular formula is C30H30N2O4. The molecule has 3 heterocycles. The second-order valence-electron chi connectivity index (χ2n) is 9.76. The first-order valence-corrected chi connectivity index (χ1v) is 12.6. The van der Waals surface area contributed by atoms with Crippen LogP contribution in [0.2, 0.25) is 0 Å². The van der Waals surface area contributed by atoms with Crippen LogP contribution in [-0.4, -0.2) is 47.5 Å². The van der Waals surface area contributed by atoms with Gasteiger partial charge in [-0.05, 0) is 67.2 Å². The number of benzene rings is 3. The Morgan fingerprint density at radius 2 is 1.75 bits per heavy atom. The first kappa shape index (κ1) is 22.8. The van der Waals surface area contributed by atoms with E-state index in [-0.39, 0.29) is 6.61 Å². The summed E-state index contributed by atoms with van der Waals surface area (Å²) in [6.07, 6.45) is 1.62. The molecular weight excluding hydrogens is 452 g/mol. The molecule has 3 aromatic carbocycles. The number of fused-ring (bicyclic) bond motifs is 2. The van der Waals surface area contributed by atoms with Crippen molar-refractivity contribution in [1.82, 2.24) is 10.1 Å². The minimum atomic E-state index is -0.580. The van der Waals surface area contributed by atoms with Gasteiger partial charge in [-0.1, -0.05) is 59.8 Å². The Bertz CT molecular complexity index is 1480. The normalized spacial score (nSPS) is 16.1. The van der Waals surface area contributed by atoms with E-state index in [1.165, 1.54) is 16.3 Å². The standard InChI is InChI=1S/C30H30N2O4/c1-20-15-29(36-31-20)28-17-25-7-4-8-27(30(25)35-28)34-19-26(33)18-32-13-11-22(12-14-32)24-10-9-21-5-2-3-6-23(21)16-24/h2-10,15-17,22,26,33H,11-14,18-19H2,1H3. The summed E-state index contributed by atoms with van der Waals surface area (Å²) in [4.78, 5) is 2.34. The molecule has 1 saturated heterocycles. The minimum absolute atomic E-state index is 0.209. The number of aryl methyl sites for hydroxylation is 1. The van der Waals surface area contributed by atoms with Crippen molar-refractivity contribution in [3.05, 3.63) is 84.1 Å². The van der Waals surface area contributed by atoms with Gasteiger partial charge in [0.1, 0.15) is 12.7 Å². The molecule has 1 aliphatic heterocycles. The lowest BCUT2D eigenvalue weighted by Gasteiger charge is -2.33. The number of nitrogens with zero attached hydrogens (tertiary/aromatic N) is 2. The second kappa shape index (κ2) is 9.80. The van der Waals surface area contributed by atoms with Crippen molar-refractivity contribution in [2.75, 3.05) is 26.2 Å². The molecule has 1 fully saturated rings. The fraction of sp³-hybridized carbons (Fsp3) is 0.300. The molecule has 1 aliphatic rings. The number of aliphatic hydroxyl groups is 1. The highest BCUT2D eigenvalue weighted by Gasteiger charge is 2.23. The van der Waals surface area contributed by atoms with E-state index in [0.29, 0.717) is 35.3 Å². The number of hydrogen-bond acceptors (Lipinski definition) is 6. The predicted octanol–water partition coefficient (Wildman–Crippen LogP) is 6.17. The Hall–Kier alpha value is -3.61. The van der Waals surface area contributed by atoms with Crippen LogP contribution in [0, 0.1) is 6.92 Å². The topological polar surface area (TPSA) is 71.9 Å². The van der Waals surface area contributed by atoms with Gasteiger partial charge >= 0.3 is 0 Å². The maximum atomic E-state index is 10.7. The van der Waals surface area contributed by atoms with E-state index in [9.17, 15) is 5.11 Å². The molecule has 0 saturated carbocycles. The quantitative estimate of drug-likeness (QED) is 0.299. The Kier molecular flexibility index (Phi) is 6.21. The first-order chi connectivity index (χ1) is 17.6. The van der Waals surface area contributed by atoms with Gasteiger partial charge in [-0.15, -0.1) is 0 Å². The number of hydrogen-bond donors (Lipinski definition) is 1. The maximum Gasteiger partial charge on any atom is 0.202 e. The summed E-state index contributed by atoms with van der Waals surface area (Å²) in [6.45, 7) is 4.63. The van der Waals surface area contributed by atoms with Crippen LogP contribution in [0.3, 0.4) is 0 Å². The number of furan rings is 1. The monoisotopic (exact) mass is 482 g/mol. The van der Waals surface area contributed by atoms with Crippen molar-refractivity contribution in [3.8, 4) is 17.3 Å². The summed E-state index contributed by atoms with van der Waals surface area (Å²) in [5.41, 5.74) is 2.86. The molecule has 0 bridgehead atoms. The largest absolute Gasteiger partial charge is 0.487 e. The van der Waals surface area contributed by atoms with Crippen molar-refractivity contribution in [2.24, 2.45) is 0 Å². The van der Waals surface area contributed by atoms with E-state index in [4.69, 9.17) is 13.7 Å². The van der Waals surface area contributed by atoms with E-state index in [1.807, 2.05) is 37.3 Å². The smallest absolute Gasteiger partial charge is 0.202 e. The van der Waals surface area contributed by atoms with E-state index >= 15 is 0 Å². The molecule has 1 N–H and O–H groups in total. The highest BCUT2D eigenvalue weighted by molar-refractivity contribution is 5.87. The number of piperidine rings is 1. The molecule has 1 atom stereocenters. The fourth-order valence-electron chi connectivity index (χ4n) is 5.20. The zero-order chi connectivity index (χ0) is 24.5. The van der Waals surface area contributed by atoms with E-state index in [1.54, 1.807) is 0 Å². The lowest BCUT2D eigenvalue weighted by molar-refractivity contribution is 0.0596. The molecule has 6 heteroatoms. The van der Waals surface area contributed by atoms with Gasteiger partial charge in [0.15, 0.2) is 17.1 Å². The summed E-state index contributed by atoms with van der Waals surface area (Å²) < 4.78 is 17.3. The van der Waals surface area contributed by atoms with Gasteiger partial charge in [-0.3, -0.25) is 0 Å². The molecule has 184 valence electrons. The van der Waals surface area contributed by atoms with Crippen LogP contribution in [-0.2, 0) is 0 Å². The van der Waals surface area contributed by atoms with Gasteiger partial charge in [0.05, 0.1) is 5.69 Å². The zero-order valence-corrected chi connectivity index (χ0v) is 20.4. The number of rotatable bonds is 7.